The van der Waals surface area contributed by atoms with E-state index >= 15 is 0 Å². The number of ether oxygens (including phenoxy) is 2. The van der Waals surface area contributed by atoms with Gasteiger partial charge in [-0.25, -0.2) is 10.1 Å². The van der Waals surface area contributed by atoms with E-state index < -0.39 is 11.9 Å². The molecule has 1 aliphatic rings. The molecular weight excluding hydrogens is 529 g/mol. The second-order valence-corrected chi connectivity index (χ2v) is 9.26. The summed E-state index contributed by atoms with van der Waals surface area (Å²) < 4.78 is 53.3. The van der Waals surface area contributed by atoms with Gasteiger partial charge in [0.1, 0.15) is 5.75 Å². The predicted molar refractivity (Wildman–Crippen MR) is 139 cm³/mol. The second kappa shape index (κ2) is 10.8. The number of hydrazone groups is 1. The Bertz CT molecular complexity index is 1640. The van der Waals surface area contributed by atoms with Gasteiger partial charge in [-0.3, -0.25) is 9.59 Å². The molecule has 0 saturated heterocycles. The first-order valence-electron chi connectivity index (χ1n) is 12.5. The van der Waals surface area contributed by atoms with E-state index in [2.05, 4.69) is 20.7 Å². The van der Waals surface area contributed by atoms with Crippen LogP contribution in [0.2, 0.25) is 0 Å². The minimum Gasteiger partial charge on any atom is -0.494 e. The molecule has 1 unspecified atom stereocenters. The van der Waals surface area contributed by atoms with Crippen LogP contribution in [-0.4, -0.2) is 44.7 Å². The van der Waals surface area contributed by atoms with Crippen molar-refractivity contribution in [3.05, 3.63) is 76.2 Å². The lowest BCUT2D eigenvalue weighted by Crippen LogP contribution is -2.31. The highest BCUT2D eigenvalue weighted by molar-refractivity contribution is 6.05. The first-order chi connectivity index (χ1) is 19.1. The van der Waals surface area contributed by atoms with Crippen molar-refractivity contribution >= 4 is 17.1 Å². The highest BCUT2D eigenvalue weighted by atomic mass is 19.4. The van der Waals surface area contributed by atoms with Crippen LogP contribution in [-0.2, 0) is 17.5 Å². The molecule has 1 amide bonds. The summed E-state index contributed by atoms with van der Waals surface area (Å²) in [7, 11) is 1.34. The average Bonchev–Trinajstić information content (AvgIpc) is 3.39. The molecule has 0 aliphatic carbocycles. The third-order valence-electron chi connectivity index (χ3n) is 6.42. The number of hydrogen-bond donors (Lipinski definition) is 1. The number of rotatable bonds is 8. The number of amides is 1. The number of methoxy groups -OCH3 is 1. The fourth-order valence-corrected chi connectivity index (χ4v) is 4.44. The average molecular weight is 555 g/mol. The summed E-state index contributed by atoms with van der Waals surface area (Å²) in [5, 5.41) is 12.2. The molecule has 0 bridgehead atoms. The minimum absolute atomic E-state index is 0.0109. The van der Waals surface area contributed by atoms with E-state index in [1.54, 1.807) is 6.07 Å². The van der Waals surface area contributed by atoms with Crippen molar-refractivity contribution in [3.8, 4) is 22.9 Å². The number of hydrogen-bond acceptors (Lipinski definition) is 7. The molecule has 1 aliphatic heterocycles. The van der Waals surface area contributed by atoms with Gasteiger partial charge < -0.3 is 9.47 Å². The number of halogens is 3. The molecule has 40 heavy (non-hydrogen) atoms. The second-order valence-electron chi connectivity index (χ2n) is 9.26. The number of aromatic nitrogens is 4. The highest BCUT2D eigenvalue weighted by Gasteiger charge is 2.35. The van der Waals surface area contributed by atoms with Crippen LogP contribution in [0.4, 0.5) is 13.2 Å². The van der Waals surface area contributed by atoms with Crippen LogP contribution in [0.25, 0.3) is 16.8 Å². The molecule has 0 fully saturated rings. The number of carbonyl (C=O) groups is 1. The molecule has 10 nitrogen and oxygen atoms in total. The van der Waals surface area contributed by atoms with Gasteiger partial charge in [-0.1, -0.05) is 6.92 Å². The number of fused-ring (bicyclic) bond motifs is 1. The van der Waals surface area contributed by atoms with Gasteiger partial charge >= 0.3 is 6.18 Å². The highest BCUT2D eigenvalue weighted by Crippen LogP contribution is 2.33. The summed E-state index contributed by atoms with van der Waals surface area (Å²) in [5.74, 6) is 0.662. The number of pyridine rings is 1. The van der Waals surface area contributed by atoms with Crippen molar-refractivity contribution in [2.75, 3.05) is 13.7 Å². The molecular formula is C27H25F3N6O4. The van der Waals surface area contributed by atoms with Crippen molar-refractivity contribution in [3.63, 3.8) is 0 Å². The van der Waals surface area contributed by atoms with Gasteiger partial charge in [-0.05, 0) is 48.0 Å². The zero-order valence-electron chi connectivity index (χ0n) is 21.6. The summed E-state index contributed by atoms with van der Waals surface area (Å²) in [5.41, 5.74) is 3.60. The van der Waals surface area contributed by atoms with Gasteiger partial charge in [-0.15, -0.1) is 0 Å². The van der Waals surface area contributed by atoms with Crippen molar-refractivity contribution in [2.45, 2.75) is 32.5 Å². The number of aryl methyl sites for hydroxylation is 1. The zero-order valence-corrected chi connectivity index (χ0v) is 21.6. The molecule has 4 heterocycles. The Labute approximate surface area is 226 Å². The summed E-state index contributed by atoms with van der Waals surface area (Å²) >= 11 is 0. The molecule has 1 aromatic carbocycles. The Hall–Kier alpha value is -4.68. The maximum atomic E-state index is 13.3. The van der Waals surface area contributed by atoms with Gasteiger partial charge in [0, 0.05) is 43.0 Å². The number of carbonyl (C=O) groups excluding carboxylic acids is 1. The van der Waals surface area contributed by atoms with Crippen LogP contribution < -0.4 is 20.5 Å². The molecule has 13 heteroatoms. The summed E-state index contributed by atoms with van der Waals surface area (Å²) in [6, 6.07) is 14.1. The molecule has 0 radical (unpaired) electrons. The Morgan fingerprint density at radius 1 is 1.05 bits per heavy atom. The molecule has 0 spiro atoms. The summed E-state index contributed by atoms with van der Waals surface area (Å²) in [6.07, 6.45) is -3.80. The van der Waals surface area contributed by atoms with Crippen LogP contribution in [0, 0.1) is 5.92 Å². The van der Waals surface area contributed by atoms with E-state index in [1.807, 2.05) is 31.2 Å². The fraction of sp³-hybridized carbons (Fsp3) is 0.296. The van der Waals surface area contributed by atoms with Gasteiger partial charge in [0.15, 0.2) is 5.69 Å². The molecule has 3 aromatic heterocycles. The van der Waals surface area contributed by atoms with E-state index in [-0.39, 0.29) is 35.3 Å². The van der Waals surface area contributed by atoms with Gasteiger partial charge in [0.2, 0.25) is 11.8 Å². The Morgan fingerprint density at radius 3 is 2.52 bits per heavy atom. The number of nitrogens with one attached hydrogen (secondary N) is 1. The van der Waals surface area contributed by atoms with E-state index in [9.17, 15) is 22.8 Å². The van der Waals surface area contributed by atoms with Gasteiger partial charge in [0.25, 0.3) is 5.56 Å². The van der Waals surface area contributed by atoms with Gasteiger partial charge in [-0.2, -0.15) is 33.0 Å². The number of alkyl halides is 3. The molecule has 208 valence electrons. The van der Waals surface area contributed by atoms with Crippen molar-refractivity contribution in [1.29, 1.82) is 0 Å². The van der Waals surface area contributed by atoms with Crippen LogP contribution in [0.15, 0.2) is 64.5 Å². The fourth-order valence-electron chi connectivity index (χ4n) is 4.44. The largest absolute Gasteiger partial charge is 0.494 e. The van der Waals surface area contributed by atoms with Crippen molar-refractivity contribution in [2.24, 2.45) is 11.0 Å². The lowest BCUT2D eigenvalue weighted by atomic mass is 9.94. The smallest absolute Gasteiger partial charge is 0.435 e. The zero-order chi connectivity index (χ0) is 28.4. The maximum Gasteiger partial charge on any atom is 0.435 e. The van der Waals surface area contributed by atoms with Crippen LogP contribution in [0.5, 0.6) is 11.6 Å². The monoisotopic (exact) mass is 554 g/mol. The van der Waals surface area contributed by atoms with E-state index in [1.165, 1.54) is 30.0 Å². The molecule has 4 aromatic rings. The summed E-state index contributed by atoms with van der Waals surface area (Å²) in [4.78, 5) is 23.9. The Morgan fingerprint density at radius 2 is 1.82 bits per heavy atom. The minimum atomic E-state index is -4.64. The van der Waals surface area contributed by atoms with E-state index in [4.69, 9.17) is 9.47 Å². The molecule has 5 rings (SSSR count). The quantitative estimate of drug-likeness (QED) is 0.331. The van der Waals surface area contributed by atoms with Crippen molar-refractivity contribution < 1.29 is 27.4 Å². The van der Waals surface area contributed by atoms with Gasteiger partial charge in [0.05, 0.1) is 30.6 Å². The molecule has 0 saturated carbocycles. The van der Waals surface area contributed by atoms with E-state index in [0.717, 1.165) is 21.9 Å². The van der Waals surface area contributed by atoms with E-state index in [0.29, 0.717) is 36.5 Å². The third-order valence-corrected chi connectivity index (χ3v) is 6.42. The van der Waals surface area contributed by atoms with Crippen molar-refractivity contribution in [1.82, 2.24) is 24.8 Å². The Balaban J connectivity index is 1.27. The first kappa shape index (κ1) is 26.9. The normalized spacial score (nSPS) is 15.6. The number of benzene rings is 1. The number of nitrogens with zero attached hydrogens (tertiary/aromatic N) is 5. The Kier molecular flexibility index (Phi) is 7.28. The van der Waals surface area contributed by atoms with Crippen LogP contribution >= 0.6 is 0 Å². The van der Waals surface area contributed by atoms with Crippen LogP contribution in [0.3, 0.4) is 0 Å². The molecule has 1 N–H and O–H groups in total. The standard InChI is InChI=1S/C27H25F3N6O4/c1-16-14-23(37)31-32-26(16)17-4-6-18(7-5-17)40-13-3-12-35-24(38)10-9-20(33-35)19-8-11-25(39-2)36-21(19)15-22(34-36)27(28,29)30/h4-11,15-16H,3,12-14H2,1-2H3,(H,31,37). The maximum absolute atomic E-state index is 13.3. The third kappa shape index (κ3) is 5.53. The lowest BCUT2D eigenvalue weighted by molar-refractivity contribution is -0.141. The SMILES string of the molecule is COc1ccc(-c2ccc(=O)n(CCCOc3ccc(C4=NNC(=O)CC4C)cc3)n2)c2cc(C(F)(F)F)nn12. The lowest BCUT2D eigenvalue weighted by Gasteiger charge is -2.19. The molecule has 1 atom stereocenters. The predicted octanol–water partition coefficient (Wildman–Crippen LogP) is 3.91. The first-order valence-corrected chi connectivity index (χ1v) is 12.5. The topological polar surface area (TPSA) is 112 Å². The summed E-state index contributed by atoms with van der Waals surface area (Å²) in [6.45, 7) is 2.48. The van der Waals surface area contributed by atoms with Crippen LogP contribution in [0.1, 0.15) is 31.0 Å².